The van der Waals surface area contributed by atoms with Gasteiger partial charge in [0.05, 0.1) is 4.34 Å². The summed E-state index contributed by atoms with van der Waals surface area (Å²) in [5.74, 6) is 0. The van der Waals surface area contributed by atoms with Crippen molar-refractivity contribution in [2.75, 3.05) is 24.5 Å². The summed E-state index contributed by atoms with van der Waals surface area (Å²) in [6.07, 6.45) is 2.35. The van der Waals surface area contributed by atoms with Crippen LogP contribution in [0.25, 0.3) is 0 Å². The number of halogens is 1. The van der Waals surface area contributed by atoms with Crippen LogP contribution in [0.3, 0.4) is 0 Å². The lowest BCUT2D eigenvalue weighted by Gasteiger charge is -2.20. The minimum absolute atomic E-state index is 0.375. The van der Waals surface area contributed by atoms with Crippen LogP contribution in [0, 0.1) is 0 Å². The predicted molar refractivity (Wildman–Crippen MR) is 92.7 cm³/mol. The lowest BCUT2D eigenvalue weighted by molar-refractivity contribution is 0.557. The van der Waals surface area contributed by atoms with Gasteiger partial charge in [-0.25, -0.2) is 0 Å². The topological polar surface area (TPSA) is 15.3 Å². The molecule has 21 heavy (non-hydrogen) atoms. The molecule has 0 aliphatic carbocycles. The number of nitrogens with zero attached hydrogens (tertiary/aromatic N) is 1. The summed E-state index contributed by atoms with van der Waals surface area (Å²) in [4.78, 5) is 2.50. The summed E-state index contributed by atoms with van der Waals surface area (Å²) >= 11 is 7.59. The Bertz CT molecular complexity index is 596. The number of para-hydroxylation sites is 1. The average Bonchev–Trinajstić information content (AvgIpc) is 3.10. The minimum atomic E-state index is 0.375. The highest BCUT2D eigenvalue weighted by Gasteiger charge is 2.17. The zero-order valence-corrected chi connectivity index (χ0v) is 13.9. The van der Waals surface area contributed by atoms with E-state index in [-0.39, 0.29) is 0 Å². The number of hydrogen-bond acceptors (Lipinski definition) is 3. The molecule has 0 saturated heterocycles. The fraction of sp³-hybridized carbons (Fsp3) is 0.412. The first-order valence-electron chi connectivity index (χ1n) is 7.54. The van der Waals surface area contributed by atoms with Gasteiger partial charge in [0.15, 0.2) is 0 Å². The second-order valence-electron chi connectivity index (χ2n) is 5.58. The van der Waals surface area contributed by atoms with E-state index < -0.39 is 0 Å². The zero-order chi connectivity index (χ0) is 14.7. The first kappa shape index (κ1) is 14.9. The van der Waals surface area contributed by atoms with Gasteiger partial charge in [-0.15, -0.1) is 11.3 Å². The maximum absolute atomic E-state index is 5.98. The Balaban J connectivity index is 1.43. The van der Waals surface area contributed by atoms with Gasteiger partial charge in [0.1, 0.15) is 0 Å². The fourth-order valence-electron chi connectivity index (χ4n) is 2.90. The third kappa shape index (κ3) is 3.60. The van der Waals surface area contributed by atoms with Crippen LogP contribution in [-0.4, -0.2) is 19.6 Å². The van der Waals surface area contributed by atoms with Crippen molar-refractivity contribution in [3.05, 3.63) is 51.2 Å². The standard InChI is InChI=1S/C17H21ClN2S/c1-13(15-11-17(18)21-12-15)19-8-4-9-20-10-7-14-5-2-3-6-16(14)20/h2-3,5-6,11-13,19H,4,7-10H2,1H3. The summed E-state index contributed by atoms with van der Waals surface area (Å²) in [5.41, 5.74) is 4.21. The van der Waals surface area contributed by atoms with Crippen LogP contribution in [0.2, 0.25) is 4.34 Å². The predicted octanol–water partition coefficient (Wildman–Crippen LogP) is 4.50. The summed E-state index contributed by atoms with van der Waals surface area (Å²) in [5, 5.41) is 5.72. The van der Waals surface area contributed by atoms with E-state index in [1.807, 2.05) is 0 Å². The number of benzene rings is 1. The monoisotopic (exact) mass is 320 g/mol. The van der Waals surface area contributed by atoms with Gasteiger partial charge in [-0.2, -0.15) is 0 Å². The Hall–Kier alpha value is -1.03. The summed E-state index contributed by atoms with van der Waals surface area (Å²) < 4.78 is 0.868. The van der Waals surface area contributed by atoms with Crippen LogP contribution in [0.15, 0.2) is 35.7 Å². The van der Waals surface area contributed by atoms with Crippen molar-refractivity contribution >= 4 is 28.6 Å². The number of rotatable bonds is 6. The molecule has 1 aromatic heterocycles. The van der Waals surface area contributed by atoms with Crippen LogP contribution in [-0.2, 0) is 6.42 Å². The highest BCUT2D eigenvalue weighted by Crippen LogP contribution is 2.27. The number of thiophene rings is 1. The molecule has 112 valence electrons. The molecule has 0 saturated carbocycles. The summed E-state index contributed by atoms with van der Waals surface area (Å²) in [6, 6.07) is 11.2. The van der Waals surface area contributed by atoms with E-state index in [1.54, 1.807) is 11.3 Å². The molecule has 0 amide bonds. The van der Waals surface area contributed by atoms with E-state index in [2.05, 4.69) is 52.9 Å². The van der Waals surface area contributed by atoms with Crippen molar-refractivity contribution in [3.63, 3.8) is 0 Å². The SMILES string of the molecule is CC(NCCCN1CCc2ccccc21)c1csc(Cl)c1. The second-order valence-corrected chi connectivity index (χ2v) is 7.12. The van der Waals surface area contributed by atoms with Crippen molar-refractivity contribution < 1.29 is 0 Å². The molecule has 1 N–H and O–H groups in total. The van der Waals surface area contributed by atoms with E-state index in [0.717, 1.165) is 30.4 Å². The third-order valence-electron chi connectivity index (χ3n) is 4.13. The number of hydrogen-bond donors (Lipinski definition) is 1. The molecule has 2 aromatic rings. The maximum Gasteiger partial charge on any atom is 0.0931 e. The lowest BCUT2D eigenvalue weighted by atomic mass is 10.2. The molecule has 0 radical (unpaired) electrons. The van der Waals surface area contributed by atoms with E-state index in [9.17, 15) is 0 Å². The molecule has 1 aliphatic rings. The third-order valence-corrected chi connectivity index (χ3v) is 5.24. The van der Waals surface area contributed by atoms with Gasteiger partial charge in [-0.1, -0.05) is 29.8 Å². The van der Waals surface area contributed by atoms with E-state index >= 15 is 0 Å². The smallest absolute Gasteiger partial charge is 0.0931 e. The van der Waals surface area contributed by atoms with Gasteiger partial charge in [-0.3, -0.25) is 0 Å². The second kappa shape index (κ2) is 6.82. The van der Waals surface area contributed by atoms with Crippen molar-refractivity contribution in [3.8, 4) is 0 Å². The van der Waals surface area contributed by atoms with Crippen molar-refractivity contribution in [1.29, 1.82) is 0 Å². The molecule has 2 nitrogen and oxygen atoms in total. The number of anilines is 1. The van der Waals surface area contributed by atoms with Crippen LogP contribution < -0.4 is 10.2 Å². The normalized spacial score (nSPS) is 15.2. The summed E-state index contributed by atoms with van der Waals surface area (Å²) in [6.45, 7) is 5.52. The van der Waals surface area contributed by atoms with E-state index in [0.29, 0.717) is 6.04 Å². The summed E-state index contributed by atoms with van der Waals surface area (Å²) in [7, 11) is 0. The first-order chi connectivity index (χ1) is 10.2. The molecule has 4 heteroatoms. The van der Waals surface area contributed by atoms with E-state index in [1.165, 1.54) is 23.2 Å². The van der Waals surface area contributed by atoms with Gasteiger partial charge in [0.2, 0.25) is 0 Å². The van der Waals surface area contributed by atoms with Crippen molar-refractivity contribution in [2.24, 2.45) is 0 Å². The molecule has 0 fully saturated rings. The lowest BCUT2D eigenvalue weighted by Crippen LogP contribution is -2.26. The van der Waals surface area contributed by atoms with Gasteiger partial charge < -0.3 is 10.2 Å². The molecule has 1 aromatic carbocycles. The Morgan fingerprint density at radius 3 is 3.05 bits per heavy atom. The Labute approximate surface area is 135 Å². The number of fused-ring (bicyclic) bond motifs is 1. The van der Waals surface area contributed by atoms with Gasteiger partial charge in [0, 0.05) is 24.8 Å². The van der Waals surface area contributed by atoms with Crippen LogP contribution in [0.1, 0.15) is 30.5 Å². The zero-order valence-electron chi connectivity index (χ0n) is 12.3. The maximum atomic E-state index is 5.98. The number of nitrogens with one attached hydrogen (secondary N) is 1. The molecule has 1 unspecified atom stereocenters. The van der Waals surface area contributed by atoms with E-state index in [4.69, 9.17) is 11.6 Å². The Morgan fingerprint density at radius 2 is 2.24 bits per heavy atom. The van der Waals surface area contributed by atoms with Crippen LogP contribution in [0.5, 0.6) is 0 Å². The van der Waals surface area contributed by atoms with Crippen molar-refractivity contribution in [2.45, 2.75) is 25.8 Å². The molecular weight excluding hydrogens is 300 g/mol. The van der Waals surface area contributed by atoms with Gasteiger partial charge in [0.25, 0.3) is 0 Å². The Kier molecular flexibility index (Phi) is 4.84. The van der Waals surface area contributed by atoms with Crippen molar-refractivity contribution in [1.82, 2.24) is 5.32 Å². The van der Waals surface area contributed by atoms with Crippen LogP contribution >= 0.6 is 22.9 Å². The molecule has 1 aliphatic heterocycles. The molecule has 3 rings (SSSR count). The molecular formula is C17H21ClN2S. The molecule has 2 heterocycles. The molecule has 0 spiro atoms. The fourth-order valence-corrected chi connectivity index (χ4v) is 3.88. The van der Waals surface area contributed by atoms with Gasteiger partial charge in [-0.05, 0) is 54.9 Å². The molecule has 0 bridgehead atoms. The average molecular weight is 321 g/mol. The minimum Gasteiger partial charge on any atom is -0.371 e. The highest BCUT2D eigenvalue weighted by molar-refractivity contribution is 7.14. The Morgan fingerprint density at radius 1 is 1.38 bits per heavy atom. The largest absolute Gasteiger partial charge is 0.371 e. The van der Waals surface area contributed by atoms with Gasteiger partial charge >= 0.3 is 0 Å². The molecule has 1 atom stereocenters. The highest BCUT2D eigenvalue weighted by atomic mass is 35.5. The first-order valence-corrected chi connectivity index (χ1v) is 8.80. The van der Waals surface area contributed by atoms with Crippen LogP contribution in [0.4, 0.5) is 5.69 Å². The quantitative estimate of drug-likeness (QED) is 0.788.